The average Bonchev–Trinajstić information content (AvgIpc) is 2.58. The number of aromatic nitrogens is 2. The van der Waals surface area contributed by atoms with Crippen LogP contribution in [-0.4, -0.2) is 20.9 Å². The van der Waals surface area contributed by atoms with Crippen LogP contribution in [0.1, 0.15) is 16.1 Å². The number of halogens is 1. The molecule has 1 aromatic carbocycles. The van der Waals surface area contributed by atoms with Crippen molar-refractivity contribution in [2.75, 3.05) is 5.73 Å². The minimum Gasteiger partial charge on any atom is -0.478 e. The van der Waals surface area contributed by atoms with Crippen molar-refractivity contribution in [3.05, 3.63) is 41.6 Å². The van der Waals surface area contributed by atoms with E-state index < -0.39 is 5.97 Å². The highest BCUT2D eigenvalue weighted by Crippen LogP contribution is 2.15. The Labute approximate surface area is 104 Å². The molecule has 90 valence electrons. The molecule has 1 aromatic heterocycles. The highest BCUT2D eigenvalue weighted by atomic mass is 35.5. The van der Waals surface area contributed by atoms with E-state index in [1.807, 2.05) is 6.92 Å². The summed E-state index contributed by atoms with van der Waals surface area (Å²) in [7, 11) is 0. The van der Waals surface area contributed by atoms with Crippen molar-refractivity contribution in [2.45, 2.75) is 6.92 Å². The molecule has 0 saturated heterocycles. The molecule has 0 saturated carbocycles. The number of carboxylic acid groups (broad SMARTS) is 1. The van der Waals surface area contributed by atoms with Crippen molar-refractivity contribution < 1.29 is 9.90 Å². The fourth-order valence-corrected chi connectivity index (χ4v) is 1.50. The number of nitrogen functional groups attached to an aromatic ring is 1. The molecule has 0 fully saturated rings. The minimum absolute atomic E-state index is 0. The van der Waals surface area contributed by atoms with Crippen LogP contribution in [0.4, 0.5) is 5.82 Å². The second-order valence-electron chi connectivity index (χ2n) is 3.48. The third-order valence-corrected chi connectivity index (χ3v) is 2.20. The van der Waals surface area contributed by atoms with Crippen molar-refractivity contribution in [1.82, 2.24) is 9.78 Å². The zero-order valence-corrected chi connectivity index (χ0v) is 9.94. The molecule has 0 aliphatic rings. The summed E-state index contributed by atoms with van der Waals surface area (Å²) in [5.41, 5.74) is 7.40. The maximum absolute atomic E-state index is 10.8. The highest BCUT2D eigenvalue weighted by Gasteiger charge is 2.07. The molecular weight excluding hydrogens is 242 g/mol. The molecule has 0 aliphatic heterocycles. The van der Waals surface area contributed by atoms with E-state index in [4.69, 9.17) is 10.8 Å². The lowest BCUT2D eigenvalue weighted by atomic mass is 10.2. The topological polar surface area (TPSA) is 81.1 Å². The maximum Gasteiger partial charge on any atom is 0.335 e. The first-order valence-electron chi connectivity index (χ1n) is 4.74. The third-order valence-electron chi connectivity index (χ3n) is 2.20. The highest BCUT2D eigenvalue weighted by molar-refractivity contribution is 5.88. The Morgan fingerprint density at radius 1 is 1.41 bits per heavy atom. The van der Waals surface area contributed by atoms with Gasteiger partial charge in [-0.15, -0.1) is 12.4 Å². The first-order chi connectivity index (χ1) is 7.58. The number of aromatic carboxylic acids is 1. The van der Waals surface area contributed by atoms with Gasteiger partial charge in [0.25, 0.3) is 0 Å². The predicted molar refractivity (Wildman–Crippen MR) is 66.9 cm³/mol. The number of nitrogens with zero attached hydrogens (tertiary/aromatic N) is 2. The summed E-state index contributed by atoms with van der Waals surface area (Å²) in [4.78, 5) is 10.8. The van der Waals surface area contributed by atoms with E-state index in [-0.39, 0.29) is 18.0 Å². The zero-order chi connectivity index (χ0) is 11.7. The van der Waals surface area contributed by atoms with Gasteiger partial charge in [0.2, 0.25) is 0 Å². The standard InChI is InChI=1S/C11H11N3O2.ClH/c1-7-5-10(12)14(13-7)9-4-2-3-8(6-9)11(15)16;/h2-6H,12H2,1H3,(H,15,16);1H. The second-order valence-corrected chi connectivity index (χ2v) is 3.48. The zero-order valence-electron chi connectivity index (χ0n) is 9.12. The van der Waals surface area contributed by atoms with Crippen LogP contribution in [-0.2, 0) is 0 Å². The molecule has 1 heterocycles. The van der Waals surface area contributed by atoms with E-state index in [1.165, 1.54) is 16.8 Å². The smallest absolute Gasteiger partial charge is 0.335 e. The molecule has 17 heavy (non-hydrogen) atoms. The van der Waals surface area contributed by atoms with Crippen LogP contribution < -0.4 is 5.73 Å². The molecule has 0 amide bonds. The lowest BCUT2D eigenvalue weighted by Crippen LogP contribution is -2.04. The fourth-order valence-electron chi connectivity index (χ4n) is 1.50. The molecule has 0 unspecified atom stereocenters. The lowest BCUT2D eigenvalue weighted by Gasteiger charge is -2.04. The Morgan fingerprint density at radius 3 is 2.65 bits per heavy atom. The second kappa shape index (κ2) is 4.88. The quantitative estimate of drug-likeness (QED) is 0.856. The SMILES string of the molecule is Cc1cc(N)n(-c2cccc(C(=O)O)c2)n1.Cl. The molecule has 0 aliphatic carbocycles. The van der Waals surface area contributed by atoms with Gasteiger partial charge in [-0.05, 0) is 25.1 Å². The summed E-state index contributed by atoms with van der Waals surface area (Å²) in [5.74, 6) is -0.482. The van der Waals surface area contributed by atoms with Gasteiger partial charge >= 0.3 is 5.97 Å². The van der Waals surface area contributed by atoms with E-state index >= 15 is 0 Å². The monoisotopic (exact) mass is 253 g/mol. The van der Waals surface area contributed by atoms with Gasteiger partial charge in [-0.25, -0.2) is 9.48 Å². The number of hydrogen-bond donors (Lipinski definition) is 2. The first kappa shape index (κ1) is 13.1. The lowest BCUT2D eigenvalue weighted by molar-refractivity contribution is 0.0697. The van der Waals surface area contributed by atoms with Crippen LogP contribution in [0.2, 0.25) is 0 Å². The van der Waals surface area contributed by atoms with E-state index in [0.717, 1.165) is 5.69 Å². The summed E-state index contributed by atoms with van der Waals surface area (Å²) in [5, 5.41) is 13.0. The maximum atomic E-state index is 10.8. The Kier molecular flexibility index (Phi) is 3.75. The number of carboxylic acids is 1. The Bertz CT molecular complexity index is 551. The van der Waals surface area contributed by atoms with E-state index in [2.05, 4.69) is 5.10 Å². The van der Waals surface area contributed by atoms with E-state index in [9.17, 15) is 4.79 Å². The van der Waals surface area contributed by atoms with Gasteiger partial charge in [-0.3, -0.25) is 0 Å². The van der Waals surface area contributed by atoms with Crippen molar-refractivity contribution in [3.63, 3.8) is 0 Å². The molecule has 6 heteroatoms. The molecule has 0 atom stereocenters. The third kappa shape index (κ3) is 2.57. The van der Waals surface area contributed by atoms with Crippen LogP contribution >= 0.6 is 12.4 Å². The van der Waals surface area contributed by atoms with Gasteiger partial charge in [0, 0.05) is 6.07 Å². The van der Waals surface area contributed by atoms with Crippen LogP contribution in [0.5, 0.6) is 0 Å². The van der Waals surface area contributed by atoms with Crippen molar-refractivity contribution in [3.8, 4) is 5.69 Å². The van der Waals surface area contributed by atoms with Crippen LogP contribution in [0.25, 0.3) is 5.69 Å². The Hall–Kier alpha value is -2.01. The van der Waals surface area contributed by atoms with Gasteiger partial charge in [-0.2, -0.15) is 5.10 Å². The summed E-state index contributed by atoms with van der Waals surface area (Å²) in [6.45, 7) is 1.83. The molecule has 2 rings (SSSR count). The van der Waals surface area contributed by atoms with Gasteiger partial charge in [0.15, 0.2) is 0 Å². The largest absolute Gasteiger partial charge is 0.478 e. The molecular formula is C11H12ClN3O2. The Balaban J connectivity index is 0.00000144. The molecule has 0 spiro atoms. The van der Waals surface area contributed by atoms with Gasteiger partial charge in [0.05, 0.1) is 16.9 Å². The number of anilines is 1. The number of hydrogen-bond acceptors (Lipinski definition) is 3. The van der Waals surface area contributed by atoms with Crippen molar-refractivity contribution in [1.29, 1.82) is 0 Å². The summed E-state index contributed by atoms with van der Waals surface area (Å²) in [6, 6.07) is 8.21. The number of aryl methyl sites for hydroxylation is 1. The Morgan fingerprint density at radius 2 is 2.12 bits per heavy atom. The molecule has 5 nitrogen and oxygen atoms in total. The predicted octanol–water partition coefficient (Wildman–Crippen LogP) is 1.88. The summed E-state index contributed by atoms with van der Waals surface area (Å²) >= 11 is 0. The number of carbonyl (C=O) groups is 1. The minimum atomic E-state index is -0.968. The van der Waals surface area contributed by atoms with Gasteiger partial charge < -0.3 is 10.8 Å². The first-order valence-corrected chi connectivity index (χ1v) is 4.74. The van der Waals surface area contributed by atoms with Crippen LogP contribution in [0, 0.1) is 6.92 Å². The molecule has 3 N–H and O–H groups in total. The van der Waals surface area contributed by atoms with Crippen LogP contribution in [0.3, 0.4) is 0 Å². The fraction of sp³-hybridized carbons (Fsp3) is 0.0909. The van der Waals surface area contributed by atoms with Gasteiger partial charge in [0.1, 0.15) is 5.82 Å². The number of benzene rings is 1. The van der Waals surface area contributed by atoms with Crippen molar-refractivity contribution >= 4 is 24.2 Å². The molecule has 0 radical (unpaired) electrons. The molecule has 0 bridgehead atoms. The van der Waals surface area contributed by atoms with E-state index in [1.54, 1.807) is 18.2 Å². The number of nitrogens with two attached hydrogens (primary N) is 1. The summed E-state index contributed by atoms with van der Waals surface area (Å²) in [6.07, 6.45) is 0. The van der Waals surface area contributed by atoms with Crippen LogP contribution in [0.15, 0.2) is 30.3 Å². The normalized spacial score (nSPS) is 9.71. The van der Waals surface area contributed by atoms with Crippen molar-refractivity contribution in [2.24, 2.45) is 0 Å². The number of rotatable bonds is 2. The molecule has 2 aromatic rings. The average molecular weight is 254 g/mol. The summed E-state index contributed by atoms with van der Waals surface area (Å²) < 4.78 is 1.52. The van der Waals surface area contributed by atoms with Gasteiger partial charge in [-0.1, -0.05) is 6.07 Å². The van der Waals surface area contributed by atoms with E-state index in [0.29, 0.717) is 11.5 Å².